The largest absolute Gasteiger partial charge is 0.481 e. The van der Waals surface area contributed by atoms with Crippen LogP contribution in [-0.4, -0.2) is 11.1 Å². The maximum absolute atomic E-state index is 11.2. The van der Waals surface area contributed by atoms with E-state index >= 15 is 0 Å². The second-order valence-electron chi connectivity index (χ2n) is 5.61. The predicted octanol–water partition coefficient (Wildman–Crippen LogP) is 4.77. The number of aliphatic carboxylic acids is 1. The third-order valence-corrected chi connectivity index (χ3v) is 4.36. The van der Waals surface area contributed by atoms with E-state index in [1.54, 1.807) is 6.92 Å². The second-order valence-corrected chi connectivity index (χ2v) is 5.61. The van der Waals surface area contributed by atoms with E-state index in [1.807, 2.05) is 12.1 Å². The fraction of sp³-hybridized carbons (Fsp3) is 0.105. The standard InChI is InChI=1S/C19H14O2/c1-11(19(20)21)16-9-14-7-5-12-3-2-4-13-6-8-15(10-16)18(14)17(12)13/h2-11H,1H3,(H,20,21). The average Bonchev–Trinajstić information content (AvgIpc) is 2.51. The third kappa shape index (κ3) is 1.69. The Morgan fingerprint density at radius 3 is 1.86 bits per heavy atom. The van der Waals surface area contributed by atoms with Crippen LogP contribution in [0.5, 0.6) is 0 Å². The third-order valence-electron chi connectivity index (χ3n) is 4.36. The molecule has 0 aliphatic rings. The van der Waals surface area contributed by atoms with Gasteiger partial charge in [-0.25, -0.2) is 0 Å². The summed E-state index contributed by atoms with van der Waals surface area (Å²) in [6.45, 7) is 1.73. The monoisotopic (exact) mass is 274 g/mol. The van der Waals surface area contributed by atoms with Gasteiger partial charge in [-0.2, -0.15) is 0 Å². The number of carboxylic acids is 1. The van der Waals surface area contributed by atoms with Crippen LogP contribution in [0.2, 0.25) is 0 Å². The van der Waals surface area contributed by atoms with Crippen LogP contribution in [0.4, 0.5) is 0 Å². The first-order chi connectivity index (χ1) is 10.1. The Hall–Kier alpha value is -2.61. The molecule has 21 heavy (non-hydrogen) atoms. The molecule has 0 spiro atoms. The van der Waals surface area contributed by atoms with Gasteiger partial charge in [-0.1, -0.05) is 54.6 Å². The molecule has 0 saturated carbocycles. The zero-order valence-electron chi connectivity index (χ0n) is 11.6. The molecule has 2 heteroatoms. The van der Waals surface area contributed by atoms with E-state index in [1.165, 1.54) is 21.5 Å². The highest BCUT2D eigenvalue weighted by molar-refractivity contribution is 6.23. The molecular weight excluding hydrogens is 260 g/mol. The molecule has 2 nitrogen and oxygen atoms in total. The molecule has 0 saturated heterocycles. The highest BCUT2D eigenvalue weighted by Gasteiger charge is 2.16. The van der Waals surface area contributed by atoms with Gasteiger partial charge in [-0.3, -0.25) is 4.79 Å². The van der Waals surface area contributed by atoms with E-state index in [9.17, 15) is 9.90 Å². The van der Waals surface area contributed by atoms with Crippen molar-refractivity contribution in [1.29, 1.82) is 0 Å². The lowest BCUT2D eigenvalue weighted by Crippen LogP contribution is -2.07. The molecule has 4 aromatic carbocycles. The van der Waals surface area contributed by atoms with Crippen molar-refractivity contribution >= 4 is 38.3 Å². The zero-order chi connectivity index (χ0) is 14.6. The summed E-state index contributed by atoms with van der Waals surface area (Å²) in [5.41, 5.74) is 0.855. The van der Waals surface area contributed by atoms with Gasteiger partial charge in [0.15, 0.2) is 0 Å². The molecule has 0 radical (unpaired) electrons. The van der Waals surface area contributed by atoms with Gasteiger partial charge >= 0.3 is 5.97 Å². The van der Waals surface area contributed by atoms with Crippen molar-refractivity contribution < 1.29 is 9.90 Å². The van der Waals surface area contributed by atoms with Crippen LogP contribution < -0.4 is 0 Å². The van der Waals surface area contributed by atoms with E-state index in [0.717, 1.165) is 16.3 Å². The molecule has 0 fully saturated rings. The van der Waals surface area contributed by atoms with Crippen molar-refractivity contribution in [1.82, 2.24) is 0 Å². The van der Waals surface area contributed by atoms with Gasteiger partial charge in [-0.05, 0) is 44.8 Å². The molecule has 1 unspecified atom stereocenters. The van der Waals surface area contributed by atoms with Crippen LogP contribution >= 0.6 is 0 Å². The first-order valence-electron chi connectivity index (χ1n) is 7.05. The average molecular weight is 274 g/mol. The lowest BCUT2D eigenvalue weighted by Gasteiger charge is -2.14. The summed E-state index contributed by atoms with van der Waals surface area (Å²) in [6.07, 6.45) is 0. The topological polar surface area (TPSA) is 37.3 Å². The van der Waals surface area contributed by atoms with Crippen molar-refractivity contribution in [3.05, 3.63) is 60.2 Å². The van der Waals surface area contributed by atoms with Crippen LogP contribution in [0.3, 0.4) is 0 Å². The number of hydrogen-bond acceptors (Lipinski definition) is 1. The smallest absolute Gasteiger partial charge is 0.310 e. The Labute approximate surface area is 122 Å². The van der Waals surface area contributed by atoms with Crippen molar-refractivity contribution in [2.45, 2.75) is 12.8 Å². The Morgan fingerprint density at radius 1 is 0.857 bits per heavy atom. The Bertz CT molecular complexity index is 921. The maximum Gasteiger partial charge on any atom is 0.310 e. The van der Waals surface area contributed by atoms with Gasteiger partial charge in [0.2, 0.25) is 0 Å². The molecule has 0 heterocycles. The summed E-state index contributed by atoms with van der Waals surface area (Å²) in [5, 5.41) is 16.4. The minimum absolute atomic E-state index is 0.494. The Balaban J connectivity index is 2.15. The van der Waals surface area contributed by atoms with Crippen LogP contribution in [0.15, 0.2) is 54.6 Å². The van der Waals surface area contributed by atoms with Gasteiger partial charge < -0.3 is 5.11 Å². The fourth-order valence-corrected chi connectivity index (χ4v) is 3.17. The molecule has 0 amide bonds. The van der Waals surface area contributed by atoms with Gasteiger partial charge in [0.25, 0.3) is 0 Å². The van der Waals surface area contributed by atoms with Gasteiger partial charge in [0.1, 0.15) is 0 Å². The van der Waals surface area contributed by atoms with E-state index in [4.69, 9.17) is 0 Å². The number of benzene rings is 4. The number of rotatable bonds is 2. The quantitative estimate of drug-likeness (QED) is 0.534. The second kappa shape index (κ2) is 4.19. The van der Waals surface area contributed by atoms with Crippen molar-refractivity contribution in [2.75, 3.05) is 0 Å². The Kier molecular flexibility index (Phi) is 2.43. The molecule has 0 aromatic heterocycles. The van der Waals surface area contributed by atoms with Crippen molar-refractivity contribution in [3.63, 3.8) is 0 Å². The number of carboxylic acid groups (broad SMARTS) is 1. The summed E-state index contributed by atoms with van der Waals surface area (Å²) in [6, 6.07) is 18.7. The summed E-state index contributed by atoms with van der Waals surface area (Å²) >= 11 is 0. The van der Waals surface area contributed by atoms with Gasteiger partial charge in [0.05, 0.1) is 5.92 Å². The van der Waals surface area contributed by atoms with Crippen LogP contribution in [-0.2, 0) is 4.79 Å². The summed E-state index contributed by atoms with van der Waals surface area (Å²) < 4.78 is 0. The minimum atomic E-state index is -0.789. The molecule has 0 aliphatic heterocycles. The first kappa shape index (κ1) is 12.2. The SMILES string of the molecule is CC(C(=O)O)c1cc2ccc3cccc4ccc(c1)c2c34. The molecule has 1 atom stereocenters. The molecule has 0 aliphatic carbocycles. The fourth-order valence-electron chi connectivity index (χ4n) is 3.17. The molecule has 0 bridgehead atoms. The van der Waals surface area contributed by atoms with Crippen molar-refractivity contribution in [2.24, 2.45) is 0 Å². The normalized spacial score (nSPS) is 13.2. The molecule has 4 rings (SSSR count). The van der Waals surface area contributed by atoms with Gasteiger partial charge in [-0.15, -0.1) is 0 Å². The van der Waals surface area contributed by atoms with Crippen LogP contribution in [0, 0.1) is 0 Å². The minimum Gasteiger partial charge on any atom is -0.481 e. The van der Waals surface area contributed by atoms with E-state index in [-0.39, 0.29) is 0 Å². The first-order valence-corrected chi connectivity index (χ1v) is 7.05. The van der Waals surface area contributed by atoms with Crippen LogP contribution in [0.1, 0.15) is 18.4 Å². The summed E-state index contributed by atoms with van der Waals surface area (Å²) in [5.74, 6) is -1.28. The Morgan fingerprint density at radius 2 is 1.33 bits per heavy atom. The summed E-state index contributed by atoms with van der Waals surface area (Å²) in [4.78, 5) is 11.2. The van der Waals surface area contributed by atoms with Gasteiger partial charge in [0, 0.05) is 0 Å². The molecular formula is C19H14O2. The molecule has 102 valence electrons. The van der Waals surface area contributed by atoms with E-state index in [2.05, 4.69) is 42.5 Å². The number of carbonyl (C=O) groups is 1. The van der Waals surface area contributed by atoms with E-state index < -0.39 is 11.9 Å². The van der Waals surface area contributed by atoms with Crippen LogP contribution in [0.25, 0.3) is 32.3 Å². The lowest BCUT2D eigenvalue weighted by atomic mass is 9.90. The molecule has 4 aromatic rings. The summed E-state index contributed by atoms with van der Waals surface area (Å²) in [7, 11) is 0. The number of hydrogen-bond donors (Lipinski definition) is 1. The highest BCUT2D eigenvalue weighted by atomic mass is 16.4. The van der Waals surface area contributed by atoms with Crippen molar-refractivity contribution in [3.8, 4) is 0 Å². The predicted molar refractivity (Wildman–Crippen MR) is 86.2 cm³/mol. The lowest BCUT2D eigenvalue weighted by molar-refractivity contribution is -0.138. The molecule has 1 N–H and O–H groups in total. The van der Waals surface area contributed by atoms with E-state index in [0.29, 0.717) is 0 Å². The highest BCUT2D eigenvalue weighted by Crippen LogP contribution is 2.36. The maximum atomic E-state index is 11.2. The zero-order valence-corrected chi connectivity index (χ0v) is 11.6.